The molecule has 0 amide bonds. The summed E-state index contributed by atoms with van der Waals surface area (Å²) in [5.74, 6) is -0.481. The molecule has 2 bridgehead atoms. The normalized spacial score (nSPS) is 29.2. The number of Topliss-reactive ketones (excluding diaryl/α,β-unsaturated/α-hetero) is 3. The van der Waals surface area contributed by atoms with Crippen LogP contribution in [0.25, 0.3) is 0 Å². The first-order valence-corrected chi connectivity index (χ1v) is 15.5. The van der Waals surface area contributed by atoms with Gasteiger partial charge < -0.3 is 4.74 Å². The van der Waals surface area contributed by atoms with E-state index in [9.17, 15) is 4.79 Å². The van der Waals surface area contributed by atoms with E-state index in [2.05, 4.69) is 53.7 Å². The molecule has 1 aromatic carbocycles. The van der Waals surface area contributed by atoms with Crippen molar-refractivity contribution in [2.24, 2.45) is 28.1 Å². The molecule has 0 unspecified atom stereocenters. The first-order chi connectivity index (χ1) is 19.5. The van der Waals surface area contributed by atoms with Crippen LogP contribution >= 0.6 is 0 Å². The lowest BCUT2D eigenvalue weighted by molar-refractivity contribution is -0.182. The quantitative estimate of drug-likeness (QED) is 0.178. The van der Waals surface area contributed by atoms with E-state index >= 15 is 9.59 Å². The van der Waals surface area contributed by atoms with Gasteiger partial charge in [0, 0.05) is 17.1 Å². The van der Waals surface area contributed by atoms with E-state index in [4.69, 9.17) is 4.74 Å². The molecule has 1 heterocycles. The van der Waals surface area contributed by atoms with Crippen molar-refractivity contribution in [1.82, 2.24) is 0 Å². The third kappa shape index (κ3) is 4.99. The average Bonchev–Trinajstić information content (AvgIpc) is 2.90. The Kier molecular flexibility index (Phi) is 8.54. The molecule has 0 radical (unpaired) electrons. The van der Waals surface area contributed by atoms with Gasteiger partial charge >= 0.3 is 0 Å². The SMILES string of the molecule is CC(C)=CCC1=C2OC(C)(C)[C@@H](CC=C(C)C)C[C@@]23C[C@H](CC=C(C)C)C(C)(C)[C@@](C(=O)c2ccccc2)(C1=O)C3=O. The van der Waals surface area contributed by atoms with Crippen LogP contribution in [-0.4, -0.2) is 23.0 Å². The van der Waals surface area contributed by atoms with Gasteiger partial charge in [0.15, 0.2) is 22.8 Å². The minimum absolute atomic E-state index is 0.0489. The molecule has 4 atom stereocenters. The van der Waals surface area contributed by atoms with Gasteiger partial charge in [0.25, 0.3) is 0 Å². The lowest BCUT2D eigenvalue weighted by Gasteiger charge is -2.63. The molecule has 1 aliphatic heterocycles. The zero-order valence-electron chi connectivity index (χ0n) is 27.4. The van der Waals surface area contributed by atoms with Crippen molar-refractivity contribution in [2.45, 2.75) is 107 Å². The molecule has 0 aromatic heterocycles. The van der Waals surface area contributed by atoms with E-state index in [-0.39, 0.29) is 29.2 Å². The number of ether oxygens (including phenoxy) is 1. The minimum Gasteiger partial charge on any atom is -0.490 e. The maximum atomic E-state index is 15.4. The monoisotopic (exact) mass is 570 g/mol. The van der Waals surface area contributed by atoms with Crippen molar-refractivity contribution in [3.05, 3.63) is 82.2 Å². The van der Waals surface area contributed by atoms with E-state index < -0.39 is 21.8 Å². The number of ketones is 3. The molecule has 1 saturated heterocycles. The van der Waals surface area contributed by atoms with Crippen molar-refractivity contribution in [3.8, 4) is 0 Å². The summed E-state index contributed by atoms with van der Waals surface area (Å²) in [7, 11) is 0. The van der Waals surface area contributed by atoms with Crippen LogP contribution < -0.4 is 0 Å². The first kappa shape index (κ1) is 31.9. The standard InChI is InChI=1S/C38H50O4/c1-24(2)16-19-28-22-37-23-29(20-17-25(3)4)36(9,10)42-33(37)30(21-18-26(5)6)32(40)38(34(37)41,35(28,7)8)31(39)27-14-12-11-13-15-27/h11-18,28-29H,19-23H2,1-10H3/t28-,29-,37-,38-/m0/s1. The second-order valence-corrected chi connectivity index (χ2v) is 14.7. The smallest absolute Gasteiger partial charge is 0.184 e. The van der Waals surface area contributed by atoms with Gasteiger partial charge in [-0.25, -0.2) is 0 Å². The van der Waals surface area contributed by atoms with Gasteiger partial charge in [0.1, 0.15) is 11.4 Å². The van der Waals surface area contributed by atoms with Crippen LogP contribution in [0.3, 0.4) is 0 Å². The zero-order chi connectivity index (χ0) is 31.3. The highest BCUT2D eigenvalue weighted by molar-refractivity contribution is 6.36. The maximum absolute atomic E-state index is 15.4. The highest BCUT2D eigenvalue weighted by Gasteiger charge is 2.76. The number of carbonyl (C=O) groups excluding carboxylic acids is 3. The van der Waals surface area contributed by atoms with Crippen molar-refractivity contribution in [2.75, 3.05) is 0 Å². The molecule has 226 valence electrons. The summed E-state index contributed by atoms with van der Waals surface area (Å²) < 4.78 is 6.91. The molecular weight excluding hydrogens is 520 g/mol. The number of allylic oxidation sites excluding steroid dienone is 8. The fourth-order valence-corrected chi connectivity index (χ4v) is 7.67. The van der Waals surface area contributed by atoms with Crippen LogP contribution in [0.1, 0.15) is 112 Å². The molecule has 4 rings (SSSR count). The van der Waals surface area contributed by atoms with Crippen molar-refractivity contribution in [1.29, 1.82) is 0 Å². The lowest BCUT2D eigenvalue weighted by Crippen LogP contribution is -2.71. The molecule has 0 N–H and O–H groups in total. The fourth-order valence-electron chi connectivity index (χ4n) is 7.67. The Morgan fingerprint density at radius 1 is 0.810 bits per heavy atom. The van der Waals surface area contributed by atoms with E-state index in [0.717, 1.165) is 12.0 Å². The molecule has 1 aromatic rings. The van der Waals surface area contributed by atoms with Gasteiger partial charge in [-0.15, -0.1) is 0 Å². The molecule has 1 saturated carbocycles. The molecule has 42 heavy (non-hydrogen) atoms. The highest BCUT2D eigenvalue weighted by Crippen LogP contribution is 2.69. The minimum atomic E-state index is -1.83. The Hall–Kier alpha value is -3.01. The van der Waals surface area contributed by atoms with Crippen molar-refractivity contribution in [3.63, 3.8) is 0 Å². The maximum Gasteiger partial charge on any atom is 0.184 e. The summed E-state index contributed by atoms with van der Waals surface area (Å²) in [6.45, 7) is 20.4. The van der Waals surface area contributed by atoms with Crippen LogP contribution in [-0.2, 0) is 14.3 Å². The molecule has 1 spiro atoms. The summed E-state index contributed by atoms with van der Waals surface area (Å²) in [5, 5.41) is 0. The van der Waals surface area contributed by atoms with Gasteiger partial charge in [-0.3, -0.25) is 14.4 Å². The lowest BCUT2D eigenvalue weighted by atomic mass is 9.38. The Morgan fingerprint density at radius 3 is 1.88 bits per heavy atom. The number of benzene rings is 1. The highest BCUT2D eigenvalue weighted by atomic mass is 16.5. The Labute approximate surface area is 253 Å². The average molecular weight is 571 g/mol. The number of rotatable bonds is 8. The van der Waals surface area contributed by atoms with Gasteiger partial charge in [-0.2, -0.15) is 0 Å². The summed E-state index contributed by atoms with van der Waals surface area (Å²) in [5.41, 5.74) is 0.0524. The summed E-state index contributed by atoms with van der Waals surface area (Å²) in [6.07, 6.45) is 9.39. The molecule has 2 fully saturated rings. The largest absolute Gasteiger partial charge is 0.490 e. The van der Waals surface area contributed by atoms with Crippen molar-refractivity contribution >= 4 is 17.3 Å². The van der Waals surface area contributed by atoms with Crippen LogP contribution in [0.5, 0.6) is 0 Å². The molecule has 2 aliphatic carbocycles. The Balaban J connectivity index is 2.09. The zero-order valence-corrected chi connectivity index (χ0v) is 27.4. The fraction of sp³-hybridized carbons (Fsp3) is 0.553. The topological polar surface area (TPSA) is 60.4 Å². The second-order valence-electron chi connectivity index (χ2n) is 14.7. The third-order valence-electron chi connectivity index (χ3n) is 10.3. The molecular formula is C38H50O4. The van der Waals surface area contributed by atoms with Gasteiger partial charge in [-0.05, 0) is 98.8 Å². The van der Waals surface area contributed by atoms with Gasteiger partial charge in [0.05, 0.1) is 5.41 Å². The number of hydrogen-bond donors (Lipinski definition) is 0. The molecule has 4 nitrogen and oxygen atoms in total. The Bertz CT molecular complexity index is 1380. The van der Waals surface area contributed by atoms with E-state index in [1.807, 2.05) is 39.8 Å². The molecule has 4 heteroatoms. The Morgan fingerprint density at radius 2 is 1.33 bits per heavy atom. The predicted octanol–water partition coefficient (Wildman–Crippen LogP) is 9.18. The molecule has 3 aliphatic rings. The second kappa shape index (κ2) is 11.2. The van der Waals surface area contributed by atoms with Crippen molar-refractivity contribution < 1.29 is 19.1 Å². The van der Waals surface area contributed by atoms with Crippen LogP contribution in [0, 0.1) is 28.1 Å². The van der Waals surface area contributed by atoms with Crippen LogP contribution in [0.15, 0.2) is 76.6 Å². The number of hydrogen-bond acceptors (Lipinski definition) is 4. The van der Waals surface area contributed by atoms with Crippen LogP contribution in [0.4, 0.5) is 0 Å². The van der Waals surface area contributed by atoms with Crippen LogP contribution in [0.2, 0.25) is 0 Å². The van der Waals surface area contributed by atoms with E-state index in [1.54, 1.807) is 24.3 Å². The third-order valence-corrected chi connectivity index (χ3v) is 10.3. The van der Waals surface area contributed by atoms with Gasteiger partial charge in [-0.1, -0.05) is 79.1 Å². The number of fused-ring (bicyclic) bond motifs is 1. The predicted molar refractivity (Wildman–Crippen MR) is 170 cm³/mol. The summed E-state index contributed by atoms with van der Waals surface area (Å²) in [6, 6.07) is 8.95. The summed E-state index contributed by atoms with van der Waals surface area (Å²) in [4.78, 5) is 45.4. The van der Waals surface area contributed by atoms with Gasteiger partial charge in [0.2, 0.25) is 0 Å². The first-order valence-electron chi connectivity index (χ1n) is 15.5. The van der Waals surface area contributed by atoms with E-state index in [0.29, 0.717) is 42.6 Å². The number of carbonyl (C=O) groups is 3. The summed E-state index contributed by atoms with van der Waals surface area (Å²) >= 11 is 0. The van der Waals surface area contributed by atoms with E-state index in [1.165, 1.54) is 11.1 Å².